The fourth-order valence-corrected chi connectivity index (χ4v) is 3.50. The van der Waals surface area contributed by atoms with E-state index in [1.807, 2.05) is 6.07 Å². The molecule has 162 valence electrons. The van der Waals surface area contributed by atoms with Crippen LogP contribution in [0.25, 0.3) is 10.7 Å². The molecule has 1 aromatic carbocycles. The number of nitrogens with zero attached hydrogens (tertiary/aromatic N) is 2. The van der Waals surface area contributed by atoms with Crippen molar-refractivity contribution in [2.75, 3.05) is 5.32 Å². The predicted molar refractivity (Wildman–Crippen MR) is 110 cm³/mol. The molecule has 1 amide bonds. The van der Waals surface area contributed by atoms with E-state index in [4.69, 9.17) is 16.3 Å². The molecule has 0 aliphatic carbocycles. The largest absolute Gasteiger partial charge is 0.452 e. The number of alkyl halides is 3. The number of aromatic nitrogens is 2. The second-order valence-corrected chi connectivity index (χ2v) is 7.64. The number of rotatable bonds is 6. The summed E-state index contributed by atoms with van der Waals surface area (Å²) in [6.07, 6.45) is -4.62. The number of ether oxygens (including phenoxy) is 1. The van der Waals surface area contributed by atoms with Crippen molar-refractivity contribution in [2.24, 2.45) is 0 Å². The smallest absolute Gasteiger partial charge is 0.418 e. The summed E-state index contributed by atoms with van der Waals surface area (Å²) in [4.78, 5) is 32.9. The number of thiazole rings is 1. The number of carbonyl (C=O) groups is 2. The van der Waals surface area contributed by atoms with E-state index in [-0.39, 0.29) is 11.4 Å². The van der Waals surface area contributed by atoms with Crippen molar-refractivity contribution in [3.63, 3.8) is 0 Å². The maximum Gasteiger partial charge on any atom is 0.418 e. The van der Waals surface area contributed by atoms with Crippen LogP contribution in [-0.4, -0.2) is 27.9 Å². The molecule has 6 nitrogen and oxygen atoms in total. The number of carbonyl (C=O) groups excluding carboxylic acids is 2. The van der Waals surface area contributed by atoms with Crippen LogP contribution in [0.2, 0.25) is 5.02 Å². The molecule has 0 saturated heterocycles. The Balaban J connectivity index is 1.60. The molecular formula is C20H15ClF3N3O3S. The van der Waals surface area contributed by atoms with E-state index in [1.165, 1.54) is 24.3 Å². The molecule has 0 fully saturated rings. The summed E-state index contributed by atoms with van der Waals surface area (Å²) in [7, 11) is 0. The quantitative estimate of drug-likeness (QED) is 0.514. The first-order chi connectivity index (χ1) is 14.6. The van der Waals surface area contributed by atoms with E-state index in [0.29, 0.717) is 22.5 Å². The fraction of sp³-hybridized carbons (Fsp3) is 0.200. The van der Waals surface area contributed by atoms with Gasteiger partial charge in [0.25, 0.3) is 5.91 Å². The fourth-order valence-electron chi connectivity index (χ4n) is 2.53. The molecule has 3 aromatic rings. The number of halogens is 4. The third kappa shape index (κ3) is 6.02. The Morgan fingerprint density at radius 2 is 2.03 bits per heavy atom. The normalized spacial score (nSPS) is 12.3. The Kier molecular flexibility index (Phi) is 6.91. The minimum Gasteiger partial charge on any atom is -0.452 e. The van der Waals surface area contributed by atoms with E-state index >= 15 is 0 Å². The third-order valence-corrected chi connectivity index (χ3v) is 5.13. The highest BCUT2D eigenvalue weighted by atomic mass is 35.5. The lowest BCUT2D eigenvalue weighted by molar-refractivity contribution is -0.152. The van der Waals surface area contributed by atoms with Gasteiger partial charge in [-0.05, 0) is 37.3 Å². The molecule has 0 saturated carbocycles. The van der Waals surface area contributed by atoms with Gasteiger partial charge < -0.3 is 10.1 Å². The molecule has 11 heteroatoms. The summed E-state index contributed by atoms with van der Waals surface area (Å²) in [6.45, 7) is 1.26. The van der Waals surface area contributed by atoms with Crippen LogP contribution in [0.3, 0.4) is 0 Å². The number of pyridine rings is 1. The molecule has 2 heterocycles. The van der Waals surface area contributed by atoms with Gasteiger partial charge in [-0.15, -0.1) is 11.3 Å². The number of benzene rings is 1. The van der Waals surface area contributed by atoms with E-state index in [1.54, 1.807) is 23.7 Å². The highest BCUT2D eigenvalue weighted by Crippen LogP contribution is 2.36. The van der Waals surface area contributed by atoms with Crippen LogP contribution in [0.1, 0.15) is 18.2 Å². The summed E-state index contributed by atoms with van der Waals surface area (Å²) < 4.78 is 44.5. The molecule has 0 bridgehead atoms. The number of hydrogen-bond donors (Lipinski definition) is 1. The highest BCUT2D eigenvalue weighted by molar-refractivity contribution is 7.13. The van der Waals surface area contributed by atoms with Gasteiger partial charge in [-0.25, -0.2) is 4.98 Å². The number of hydrogen-bond acceptors (Lipinski definition) is 6. The average molecular weight is 470 g/mol. The first-order valence-electron chi connectivity index (χ1n) is 8.86. The van der Waals surface area contributed by atoms with Crippen molar-refractivity contribution in [1.82, 2.24) is 9.97 Å². The lowest BCUT2D eigenvalue weighted by atomic mass is 10.1. The van der Waals surface area contributed by atoms with Gasteiger partial charge in [0.1, 0.15) is 5.01 Å². The van der Waals surface area contributed by atoms with Crippen LogP contribution in [0.15, 0.2) is 48.0 Å². The number of anilines is 1. The van der Waals surface area contributed by atoms with E-state index in [2.05, 4.69) is 15.3 Å². The zero-order valence-corrected chi connectivity index (χ0v) is 17.5. The summed E-state index contributed by atoms with van der Waals surface area (Å²) in [5.41, 5.74) is -0.496. The minimum absolute atomic E-state index is 0.127. The molecule has 0 aliphatic heterocycles. The molecule has 0 radical (unpaired) electrons. The molecule has 2 aromatic heterocycles. The van der Waals surface area contributed by atoms with Crippen LogP contribution in [0, 0.1) is 0 Å². The van der Waals surface area contributed by atoms with Crippen LogP contribution in [0.4, 0.5) is 18.9 Å². The summed E-state index contributed by atoms with van der Waals surface area (Å²) in [5, 5.41) is 4.28. The Hall–Kier alpha value is -2.98. The minimum atomic E-state index is -4.72. The lowest BCUT2D eigenvalue weighted by Gasteiger charge is -2.17. The SMILES string of the molecule is CC(OC(=O)Cc1csc(-c2ccccn2)n1)C(=O)Nc1ccc(Cl)cc1C(F)(F)F. The van der Waals surface area contributed by atoms with Crippen LogP contribution in [-0.2, 0) is 26.9 Å². The van der Waals surface area contributed by atoms with Crippen molar-refractivity contribution in [3.05, 3.63) is 64.3 Å². The molecule has 0 aliphatic rings. The first kappa shape index (κ1) is 22.7. The molecule has 31 heavy (non-hydrogen) atoms. The molecule has 1 N–H and O–H groups in total. The molecule has 1 unspecified atom stereocenters. The van der Waals surface area contributed by atoms with E-state index in [9.17, 15) is 22.8 Å². The Labute approximate surface area is 184 Å². The van der Waals surface area contributed by atoms with Gasteiger partial charge in [-0.1, -0.05) is 17.7 Å². The van der Waals surface area contributed by atoms with Gasteiger partial charge in [0.2, 0.25) is 0 Å². The Morgan fingerprint density at radius 3 is 2.71 bits per heavy atom. The maximum absolute atomic E-state index is 13.2. The number of amides is 1. The molecule has 0 spiro atoms. The first-order valence-corrected chi connectivity index (χ1v) is 10.1. The third-order valence-electron chi connectivity index (χ3n) is 3.98. The highest BCUT2D eigenvalue weighted by Gasteiger charge is 2.34. The summed E-state index contributed by atoms with van der Waals surface area (Å²) in [5.74, 6) is -1.65. The van der Waals surface area contributed by atoms with Gasteiger partial charge in [-0.3, -0.25) is 14.6 Å². The van der Waals surface area contributed by atoms with Gasteiger partial charge in [0.05, 0.1) is 29.1 Å². The van der Waals surface area contributed by atoms with Crippen LogP contribution in [0.5, 0.6) is 0 Å². The molecule has 1 atom stereocenters. The number of nitrogens with one attached hydrogen (secondary N) is 1. The van der Waals surface area contributed by atoms with E-state index in [0.717, 1.165) is 6.07 Å². The maximum atomic E-state index is 13.2. The monoisotopic (exact) mass is 469 g/mol. The number of esters is 1. The van der Waals surface area contributed by atoms with Crippen LogP contribution >= 0.6 is 22.9 Å². The van der Waals surface area contributed by atoms with Gasteiger partial charge in [-0.2, -0.15) is 13.2 Å². The Morgan fingerprint density at radius 1 is 1.26 bits per heavy atom. The van der Waals surface area contributed by atoms with Crippen LogP contribution < -0.4 is 5.32 Å². The van der Waals surface area contributed by atoms with Gasteiger partial charge in [0.15, 0.2) is 6.10 Å². The summed E-state index contributed by atoms with van der Waals surface area (Å²) in [6, 6.07) is 8.30. The van der Waals surface area contributed by atoms with Crippen molar-refractivity contribution in [1.29, 1.82) is 0 Å². The zero-order chi connectivity index (χ0) is 22.6. The topological polar surface area (TPSA) is 81.2 Å². The van der Waals surface area contributed by atoms with Crippen molar-refractivity contribution in [2.45, 2.75) is 25.6 Å². The second-order valence-electron chi connectivity index (χ2n) is 6.34. The zero-order valence-electron chi connectivity index (χ0n) is 15.9. The predicted octanol–water partition coefficient (Wildman–Crippen LogP) is 4.99. The second kappa shape index (κ2) is 9.44. The lowest BCUT2D eigenvalue weighted by Crippen LogP contribution is -2.31. The average Bonchev–Trinajstić information content (AvgIpc) is 3.17. The van der Waals surface area contributed by atoms with Crippen molar-refractivity contribution in [3.8, 4) is 10.7 Å². The van der Waals surface area contributed by atoms with Crippen molar-refractivity contribution < 1.29 is 27.5 Å². The van der Waals surface area contributed by atoms with Gasteiger partial charge >= 0.3 is 12.1 Å². The van der Waals surface area contributed by atoms with Crippen molar-refractivity contribution >= 4 is 40.5 Å². The standard InChI is InChI=1S/C20H15ClF3N3O3S/c1-11(18(29)27-15-6-5-12(21)8-14(15)20(22,23)24)30-17(28)9-13-10-31-19(26-13)16-4-2-3-7-25-16/h2-8,10-11H,9H2,1H3,(H,27,29). The molecule has 3 rings (SSSR count). The van der Waals surface area contributed by atoms with E-state index < -0.39 is 35.4 Å². The molecular weight excluding hydrogens is 455 g/mol. The summed E-state index contributed by atoms with van der Waals surface area (Å²) >= 11 is 6.92. The Bertz CT molecular complexity index is 1090. The van der Waals surface area contributed by atoms with Gasteiger partial charge in [0, 0.05) is 16.6 Å².